The molecule has 1 aromatic carbocycles. The van der Waals surface area contributed by atoms with Crippen molar-refractivity contribution in [2.45, 2.75) is 31.1 Å². The molecule has 0 amide bonds. The van der Waals surface area contributed by atoms with E-state index >= 15 is 0 Å². The highest BCUT2D eigenvalue weighted by Crippen LogP contribution is 2.48. The maximum Gasteiger partial charge on any atom is 0.317 e. The van der Waals surface area contributed by atoms with Crippen LogP contribution in [0.15, 0.2) is 30.3 Å². The van der Waals surface area contributed by atoms with E-state index in [1.165, 1.54) is 11.3 Å². The summed E-state index contributed by atoms with van der Waals surface area (Å²) in [5.41, 5.74) is 3.67. The smallest absolute Gasteiger partial charge is 0.317 e. The number of fused-ring (bicyclic) bond motifs is 2. The highest BCUT2D eigenvalue weighted by atomic mass is 16.4. The molecule has 0 radical (unpaired) electrons. The minimum atomic E-state index is -0.742. The molecule has 3 aliphatic rings. The average molecular weight is 422 g/mol. The fraction of sp³-hybridized carbons (Fsp3) is 0.542. The number of piperidine rings is 1. The van der Waals surface area contributed by atoms with Crippen molar-refractivity contribution in [2.24, 2.45) is 0 Å². The van der Waals surface area contributed by atoms with E-state index in [2.05, 4.69) is 33.9 Å². The van der Waals surface area contributed by atoms with Gasteiger partial charge in [0.15, 0.2) is 5.82 Å². The maximum atomic E-state index is 11.2. The summed E-state index contributed by atoms with van der Waals surface area (Å²) in [6.45, 7) is 5.86. The second-order valence-corrected chi connectivity index (χ2v) is 9.30. The third kappa shape index (κ3) is 3.92. The van der Waals surface area contributed by atoms with Gasteiger partial charge in [-0.1, -0.05) is 30.3 Å². The minimum absolute atomic E-state index is 0.0537. The molecule has 2 aliphatic heterocycles. The molecule has 7 heteroatoms. The number of hydrogen-bond acceptors (Lipinski definition) is 6. The lowest BCUT2D eigenvalue weighted by Gasteiger charge is -2.39. The van der Waals surface area contributed by atoms with E-state index in [0.29, 0.717) is 0 Å². The van der Waals surface area contributed by atoms with E-state index in [0.717, 1.165) is 82.2 Å². The van der Waals surface area contributed by atoms with Gasteiger partial charge in [0.25, 0.3) is 0 Å². The van der Waals surface area contributed by atoms with Gasteiger partial charge in [-0.25, -0.2) is 9.97 Å². The lowest BCUT2D eigenvalue weighted by Crippen LogP contribution is -2.45. The third-order valence-corrected chi connectivity index (χ3v) is 7.35. The van der Waals surface area contributed by atoms with E-state index < -0.39 is 5.97 Å². The molecule has 31 heavy (non-hydrogen) atoms. The van der Waals surface area contributed by atoms with Crippen molar-refractivity contribution < 1.29 is 9.90 Å². The molecule has 2 aromatic rings. The molecular formula is C24H31N5O2. The second-order valence-electron chi connectivity index (χ2n) is 9.30. The van der Waals surface area contributed by atoms with Crippen molar-refractivity contribution in [3.8, 4) is 11.4 Å². The Morgan fingerprint density at radius 3 is 2.39 bits per heavy atom. The Bertz CT molecular complexity index is 948. The summed E-state index contributed by atoms with van der Waals surface area (Å²) >= 11 is 0. The van der Waals surface area contributed by atoms with Crippen LogP contribution in [-0.2, 0) is 16.6 Å². The number of rotatable bonds is 4. The van der Waals surface area contributed by atoms with Gasteiger partial charge in [0.1, 0.15) is 5.82 Å². The zero-order valence-corrected chi connectivity index (χ0v) is 18.3. The molecular weight excluding hydrogens is 390 g/mol. The van der Waals surface area contributed by atoms with Gasteiger partial charge in [0.05, 0.1) is 12.2 Å². The zero-order valence-electron chi connectivity index (χ0n) is 18.3. The lowest BCUT2D eigenvalue weighted by molar-refractivity contribution is -0.138. The van der Waals surface area contributed by atoms with Gasteiger partial charge in [-0.3, -0.25) is 9.69 Å². The number of carboxylic acid groups (broad SMARTS) is 1. The molecule has 7 nitrogen and oxygen atoms in total. The van der Waals surface area contributed by atoms with Gasteiger partial charge >= 0.3 is 5.97 Å². The van der Waals surface area contributed by atoms with Gasteiger partial charge in [-0.2, -0.15) is 0 Å². The van der Waals surface area contributed by atoms with Crippen LogP contribution >= 0.6 is 0 Å². The Balaban J connectivity index is 1.52. The Morgan fingerprint density at radius 1 is 1.00 bits per heavy atom. The molecule has 0 bridgehead atoms. The summed E-state index contributed by atoms with van der Waals surface area (Å²) < 4.78 is 0. The normalized spacial score (nSPS) is 21.4. The van der Waals surface area contributed by atoms with Crippen molar-refractivity contribution in [3.63, 3.8) is 0 Å². The molecule has 1 spiro atoms. The maximum absolute atomic E-state index is 11.2. The lowest BCUT2D eigenvalue weighted by atomic mass is 9.76. The van der Waals surface area contributed by atoms with Crippen molar-refractivity contribution in [3.05, 3.63) is 41.6 Å². The number of aromatic nitrogens is 2. The van der Waals surface area contributed by atoms with E-state index in [1.807, 2.05) is 18.2 Å². The Morgan fingerprint density at radius 2 is 1.71 bits per heavy atom. The van der Waals surface area contributed by atoms with Crippen molar-refractivity contribution in [2.75, 3.05) is 57.8 Å². The molecule has 0 saturated carbocycles. The Hall–Kier alpha value is -2.51. The summed E-state index contributed by atoms with van der Waals surface area (Å²) in [4.78, 5) is 28.3. The summed E-state index contributed by atoms with van der Waals surface area (Å²) in [5.74, 6) is 1.21. The van der Waals surface area contributed by atoms with Gasteiger partial charge < -0.3 is 14.9 Å². The van der Waals surface area contributed by atoms with Gasteiger partial charge in [-0.05, 0) is 45.8 Å². The van der Waals surface area contributed by atoms with E-state index in [1.54, 1.807) is 0 Å². The SMILES string of the molecule is CN1CCN(c2nc(-c3ccccc3)nc3c2CCC32CCN(CC(=O)O)CC2)CC1. The molecule has 1 aliphatic carbocycles. The van der Waals surface area contributed by atoms with E-state index in [9.17, 15) is 9.90 Å². The first-order valence-corrected chi connectivity index (χ1v) is 11.4. The minimum Gasteiger partial charge on any atom is -0.480 e. The quantitative estimate of drug-likeness (QED) is 0.812. The highest BCUT2D eigenvalue weighted by molar-refractivity contribution is 5.69. The van der Waals surface area contributed by atoms with Crippen LogP contribution in [0.3, 0.4) is 0 Å². The summed E-state index contributed by atoms with van der Waals surface area (Å²) in [7, 11) is 2.18. The predicted molar refractivity (Wildman–Crippen MR) is 120 cm³/mol. The molecule has 2 saturated heterocycles. The van der Waals surface area contributed by atoms with Crippen LogP contribution in [0.1, 0.15) is 30.5 Å². The van der Waals surface area contributed by atoms with Crippen LogP contribution in [0.5, 0.6) is 0 Å². The van der Waals surface area contributed by atoms with Crippen LogP contribution in [0.2, 0.25) is 0 Å². The topological polar surface area (TPSA) is 72.8 Å². The first-order valence-electron chi connectivity index (χ1n) is 11.4. The number of likely N-dealkylation sites (N-methyl/N-ethyl adjacent to an activating group) is 1. The van der Waals surface area contributed by atoms with Crippen LogP contribution in [0.25, 0.3) is 11.4 Å². The van der Waals surface area contributed by atoms with Gasteiger partial charge in [0.2, 0.25) is 0 Å². The van der Waals surface area contributed by atoms with Crippen molar-refractivity contribution >= 4 is 11.8 Å². The standard InChI is InChI=1S/C24H31N5O2/c1-27-13-15-29(16-14-27)23-19-7-8-24(9-11-28(12-10-24)17-20(30)31)21(19)25-22(26-23)18-5-3-2-4-6-18/h2-6H,7-17H2,1H3,(H,30,31). The number of nitrogens with zero attached hydrogens (tertiary/aromatic N) is 5. The molecule has 0 unspecified atom stereocenters. The number of carbonyl (C=O) groups is 1. The van der Waals surface area contributed by atoms with Crippen molar-refractivity contribution in [1.82, 2.24) is 19.8 Å². The first kappa shape index (κ1) is 20.4. The van der Waals surface area contributed by atoms with Gasteiger partial charge in [0, 0.05) is 42.7 Å². The van der Waals surface area contributed by atoms with Crippen LogP contribution in [0, 0.1) is 0 Å². The largest absolute Gasteiger partial charge is 0.480 e. The molecule has 0 atom stereocenters. The number of carboxylic acids is 1. The number of anilines is 1. The number of hydrogen-bond donors (Lipinski definition) is 1. The van der Waals surface area contributed by atoms with Gasteiger partial charge in [-0.15, -0.1) is 0 Å². The van der Waals surface area contributed by atoms with Crippen molar-refractivity contribution in [1.29, 1.82) is 0 Å². The van der Waals surface area contributed by atoms with Crippen LogP contribution in [0.4, 0.5) is 5.82 Å². The zero-order chi connectivity index (χ0) is 21.4. The van der Waals surface area contributed by atoms with Crippen LogP contribution in [-0.4, -0.2) is 83.7 Å². The third-order valence-electron chi connectivity index (χ3n) is 7.35. The molecule has 2 fully saturated rings. The number of likely N-dealkylation sites (tertiary alicyclic amines) is 1. The molecule has 3 heterocycles. The monoisotopic (exact) mass is 421 g/mol. The molecule has 164 valence electrons. The Kier molecular flexibility index (Phi) is 5.40. The number of piperazine rings is 1. The summed E-state index contributed by atoms with van der Waals surface area (Å²) in [6.07, 6.45) is 4.06. The molecule has 5 rings (SSSR count). The number of benzene rings is 1. The first-order chi connectivity index (χ1) is 15.0. The summed E-state index contributed by atoms with van der Waals surface area (Å²) in [5, 5.41) is 9.17. The second kappa shape index (κ2) is 8.20. The fourth-order valence-corrected chi connectivity index (χ4v) is 5.44. The van der Waals surface area contributed by atoms with E-state index in [-0.39, 0.29) is 12.0 Å². The predicted octanol–water partition coefficient (Wildman–Crippen LogP) is 2.26. The average Bonchev–Trinajstić information content (AvgIpc) is 3.14. The number of aliphatic carboxylic acids is 1. The Labute approximate surface area is 183 Å². The molecule has 1 N–H and O–H groups in total. The van der Waals surface area contributed by atoms with E-state index in [4.69, 9.17) is 9.97 Å². The highest BCUT2D eigenvalue weighted by Gasteiger charge is 2.45. The molecule has 1 aromatic heterocycles. The summed E-state index contributed by atoms with van der Waals surface area (Å²) in [6, 6.07) is 10.3. The van der Waals surface area contributed by atoms with Crippen LogP contribution < -0.4 is 4.90 Å². The fourth-order valence-electron chi connectivity index (χ4n) is 5.44.